The number of nitrogens with one attached hydrogen (secondary N) is 1. The molecule has 1 aliphatic rings. The number of aromatic hydroxyl groups is 1. The minimum absolute atomic E-state index is 0.00192. The summed E-state index contributed by atoms with van der Waals surface area (Å²) in [6.45, 7) is 10.8. The molecule has 1 aliphatic heterocycles. The summed E-state index contributed by atoms with van der Waals surface area (Å²) in [7, 11) is 1.62. The quantitative estimate of drug-likeness (QED) is 0.152. The van der Waals surface area contributed by atoms with Crippen LogP contribution in [0.4, 0.5) is 0 Å². The first-order chi connectivity index (χ1) is 21.2. The van der Waals surface area contributed by atoms with Crippen molar-refractivity contribution in [2.75, 3.05) is 7.11 Å². The molecule has 44 heavy (non-hydrogen) atoms. The SMILES string of the molecule is C=C(CCc1ccc(CNC2=CC(c3ccccc3O)=CCc3c(Br)cnn32)cc1)C(=O)CC(=C)c1cc(C)ccc1OC. The van der Waals surface area contributed by atoms with E-state index < -0.39 is 0 Å². The summed E-state index contributed by atoms with van der Waals surface area (Å²) in [6, 6.07) is 21.6. The van der Waals surface area contributed by atoms with Crippen LogP contribution >= 0.6 is 15.9 Å². The fourth-order valence-corrected chi connectivity index (χ4v) is 5.64. The van der Waals surface area contributed by atoms with Crippen LogP contribution in [0.25, 0.3) is 17.0 Å². The normalized spacial score (nSPS) is 12.4. The zero-order valence-electron chi connectivity index (χ0n) is 25.1. The molecule has 0 spiro atoms. The van der Waals surface area contributed by atoms with E-state index in [0.29, 0.717) is 30.7 Å². The van der Waals surface area contributed by atoms with Crippen LogP contribution < -0.4 is 10.1 Å². The summed E-state index contributed by atoms with van der Waals surface area (Å²) >= 11 is 3.62. The number of phenolic OH excluding ortho intramolecular Hbond substituents is 1. The lowest BCUT2D eigenvalue weighted by molar-refractivity contribution is -0.114. The average Bonchev–Trinajstić information content (AvgIpc) is 3.29. The van der Waals surface area contributed by atoms with Gasteiger partial charge in [-0.05, 0) is 87.8 Å². The van der Waals surface area contributed by atoms with Crippen molar-refractivity contribution in [1.82, 2.24) is 15.1 Å². The number of aryl methyl sites for hydroxylation is 2. The highest BCUT2D eigenvalue weighted by atomic mass is 79.9. The van der Waals surface area contributed by atoms with Crippen LogP contribution in [0.2, 0.25) is 0 Å². The smallest absolute Gasteiger partial charge is 0.162 e. The molecule has 224 valence electrons. The van der Waals surface area contributed by atoms with Gasteiger partial charge in [0.2, 0.25) is 0 Å². The third-order valence-electron chi connectivity index (χ3n) is 7.78. The molecule has 3 aromatic carbocycles. The summed E-state index contributed by atoms with van der Waals surface area (Å²) < 4.78 is 8.29. The van der Waals surface area contributed by atoms with Gasteiger partial charge in [0.05, 0.1) is 23.5 Å². The molecule has 0 atom stereocenters. The molecule has 0 saturated carbocycles. The van der Waals surface area contributed by atoms with Gasteiger partial charge in [0.1, 0.15) is 17.3 Å². The molecule has 1 aromatic heterocycles. The van der Waals surface area contributed by atoms with Crippen molar-refractivity contribution in [3.63, 3.8) is 0 Å². The zero-order valence-corrected chi connectivity index (χ0v) is 26.7. The predicted molar refractivity (Wildman–Crippen MR) is 181 cm³/mol. The number of carbonyl (C=O) groups excluding carboxylic acids is 1. The van der Waals surface area contributed by atoms with Gasteiger partial charge in [-0.15, -0.1) is 0 Å². The van der Waals surface area contributed by atoms with Crippen LogP contribution in [0.5, 0.6) is 11.5 Å². The van der Waals surface area contributed by atoms with Crippen molar-refractivity contribution in [3.05, 3.63) is 142 Å². The van der Waals surface area contributed by atoms with E-state index in [1.165, 1.54) is 0 Å². The summed E-state index contributed by atoms with van der Waals surface area (Å²) in [5.41, 5.74) is 8.25. The average molecular weight is 651 g/mol. The first kappa shape index (κ1) is 30.8. The van der Waals surface area contributed by atoms with Gasteiger partial charge in [0.15, 0.2) is 5.78 Å². The fraction of sp³-hybridized carbons (Fsp3) is 0.189. The van der Waals surface area contributed by atoms with Crippen LogP contribution in [0.3, 0.4) is 0 Å². The minimum Gasteiger partial charge on any atom is -0.507 e. The Balaban J connectivity index is 1.19. The van der Waals surface area contributed by atoms with E-state index in [9.17, 15) is 9.90 Å². The molecule has 7 heteroatoms. The van der Waals surface area contributed by atoms with Crippen LogP contribution in [0, 0.1) is 6.92 Å². The number of nitrogens with zero attached hydrogens (tertiary/aromatic N) is 2. The number of methoxy groups -OCH3 is 1. The number of allylic oxidation sites excluding steroid dienone is 5. The van der Waals surface area contributed by atoms with E-state index in [1.807, 2.05) is 54.1 Å². The largest absolute Gasteiger partial charge is 0.507 e. The second-order valence-electron chi connectivity index (χ2n) is 10.9. The number of hydrogen-bond acceptors (Lipinski definition) is 5. The van der Waals surface area contributed by atoms with Crippen molar-refractivity contribution < 1.29 is 14.6 Å². The Labute approximate surface area is 267 Å². The van der Waals surface area contributed by atoms with E-state index in [0.717, 1.165) is 61.4 Å². The maximum atomic E-state index is 12.9. The third kappa shape index (κ3) is 7.12. The molecule has 2 heterocycles. The van der Waals surface area contributed by atoms with Crippen LogP contribution in [-0.2, 0) is 24.2 Å². The molecule has 2 N–H and O–H groups in total. The molecule has 0 unspecified atom stereocenters. The first-order valence-corrected chi connectivity index (χ1v) is 15.3. The van der Waals surface area contributed by atoms with Gasteiger partial charge in [-0.3, -0.25) is 4.79 Å². The molecule has 0 bridgehead atoms. The number of carbonyl (C=O) groups is 1. The third-order valence-corrected chi connectivity index (χ3v) is 8.45. The Morgan fingerprint density at radius 2 is 1.84 bits per heavy atom. The fourth-order valence-electron chi connectivity index (χ4n) is 5.21. The lowest BCUT2D eigenvalue weighted by Crippen LogP contribution is -2.19. The van der Waals surface area contributed by atoms with Crippen molar-refractivity contribution in [1.29, 1.82) is 0 Å². The summed E-state index contributed by atoms with van der Waals surface area (Å²) in [5, 5.41) is 18.6. The van der Waals surface area contributed by atoms with Gasteiger partial charge in [-0.1, -0.05) is 73.3 Å². The Bertz CT molecular complexity index is 1780. The molecule has 4 aromatic rings. The number of Topliss-reactive ketones (excluding diaryl/α,β-unsaturated/α-hetero) is 1. The lowest BCUT2D eigenvalue weighted by Gasteiger charge is -2.14. The number of hydrogen-bond donors (Lipinski definition) is 2. The summed E-state index contributed by atoms with van der Waals surface area (Å²) in [4.78, 5) is 12.9. The van der Waals surface area contributed by atoms with Gasteiger partial charge >= 0.3 is 0 Å². The number of benzene rings is 3. The highest BCUT2D eigenvalue weighted by Crippen LogP contribution is 2.32. The Kier molecular flexibility index (Phi) is 9.65. The van der Waals surface area contributed by atoms with E-state index in [4.69, 9.17) is 4.74 Å². The van der Waals surface area contributed by atoms with Gasteiger partial charge in [-0.2, -0.15) is 5.10 Å². The van der Waals surface area contributed by atoms with E-state index in [1.54, 1.807) is 19.4 Å². The summed E-state index contributed by atoms with van der Waals surface area (Å²) in [6.07, 6.45) is 8.11. The van der Waals surface area contributed by atoms with Crippen LogP contribution in [-0.4, -0.2) is 27.8 Å². The van der Waals surface area contributed by atoms with Crippen LogP contribution in [0.15, 0.2) is 108 Å². The maximum Gasteiger partial charge on any atom is 0.162 e. The van der Waals surface area contributed by atoms with E-state index >= 15 is 0 Å². The molecule has 0 fully saturated rings. The second-order valence-corrected chi connectivity index (χ2v) is 11.8. The van der Waals surface area contributed by atoms with Crippen molar-refractivity contribution in [2.45, 2.75) is 39.2 Å². The lowest BCUT2D eigenvalue weighted by atomic mass is 9.94. The van der Waals surface area contributed by atoms with Gasteiger partial charge in [0, 0.05) is 30.5 Å². The van der Waals surface area contributed by atoms with Crippen LogP contribution in [0.1, 0.15) is 46.4 Å². The highest BCUT2D eigenvalue weighted by molar-refractivity contribution is 9.10. The molecule has 0 aliphatic carbocycles. The number of fused-ring (bicyclic) bond motifs is 1. The van der Waals surface area contributed by atoms with Crippen molar-refractivity contribution in [3.8, 4) is 11.5 Å². The molecular formula is C37H36BrN3O3. The number of phenols is 1. The number of ketones is 1. The van der Waals surface area contributed by atoms with E-state index in [-0.39, 0.29) is 18.0 Å². The van der Waals surface area contributed by atoms with Crippen molar-refractivity contribution in [2.24, 2.45) is 0 Å². The number of rotatable bonds is 12. The van der Waals surface area contributed by atoms with E-state index in [2.05, 4.69) is 69.8 Å². The molecule has 0 amide bonds. The highest BCUT2D eigenvalue weighted by Gasteiger charge is 2.18. The Morgan fingerprint density at radius 3 is 2.59 bits per heavy atom. The molecule has 6 nitrogen and oxygen atoms in total. The Hall–Kier alpha value is -4.62. The van der Waals surface area contributed by atoms with Gasteiger partial charge < -0.3 is 15.2 Å². The molecule has 0 saturated heterocycles. The monoisotopic (exact) mass is 649 g/mol. The summed E-state index contributed by atoms with van der Waals surface area (Å²) in [5.74, 6) is 1.78. The Morgan fingerprint density at radius 1 is 1.09 bits per heavy atom. The maximum absolute atomic E-state index is 12.9. The number of aromatic nitrogens is 2. The molecule has 5 rings (SSSR count). The number of ether oxygens (including phenoxy) is 1. The standard InChI is InChI=1S/C37H36BrN3O3/c1-24-9-18-36(44-4)31(19-24)26(3)20-35(43)25(2)10-11-27-12-14-28(15-13-27)22-39-37-21-29(30-7-5-6-8-34(30)42)16-17-33-32(38)23-40-41(33)37/h5-9,12-16,18-19,21,23,39,42H,2-3,10-11,17,20,22H2,1,4H3. The van der Waals surface area contributed by atoms with Gasteiger partial charge in [-0.25, -0.2) is 4.68 Å². The minimum atomic E-state index is -0.00192. The topological polar surface area (TPSA) is 76.4 Å². The molecular weight excluding hydrogens is 614 g/mol. The predicted octanol–water partition coefficient (Wildman–Crippen LogP) is 8.06. The molecule has 0 radical (unpaired) electrons. The second kappa shape index (κ2) is 13.8. The first-order valence-electron chi connectivity index (χ1n) is 14.5. The van der Waals surface area contributed by atoms with Crippen molar-refractivity contribution >= 4 is 38.7 Å². The van der Waals surface area contributed by atoms with Gasteiger partial charge in [0.25, 0.3) is 0 Å². The zero-order chi connectivity index (χ0) is 31.2. The number of para-hydroxylation sites is 1. The number of halogens is 1.